The van der Waals surface area contributed by atoms with Gasteiger partial charge in [0, 0.05) is 5.56 Å². The van der Waals surface area contributed by atoms with Gasteiger partial charge in [0.1, 0.15) is 11.5 Å². The van der Waals surface area contributed by atoms with Crippen LogP contribution in [0.4, 0.5) is 0 Å². The molecule has 4 aromatic rings. The molecule has 0 spiro atoms. The van der Waals surface area contributed by atoms with Crippen LogP contribution in [0, 0.1) is 6.92 Å². The molecule has 2 heterocycles. The van der Waals surface area contributed by atoms with E-state index < -0.39 is 0 Å². The van der Waals surface area contributed by atoms with E-state index in [-0.39, 0.29) is 5.91 Å². The summed E-state index contributed by atoms with van der Waals surface area (Å²) < 4.78 is 3.12. The number of aryl methyl sites for hydroxylation is 1. The number of rotatable bonds is 5. The molecule has 0 atom stereocenters. The molecule has 0 saturated carbocycles. The minimum absolute atomic E-state index is 0.353. The summed E-state index contributed by atoms with van der Waals surface area (Å²) >= 11 is 6.44. The lowest BCUT2D eigenvalue weighted by Gasteiger charge is -2.03. The van der Waals surface area contributed by atoms with Crippen LogP contribution in [0.5, 0.6) is 0 Å². The summed E-state index contributed by atoms with van der Waals surface area (Å²) in [5.74, 6) is -0.353. The van der Waals surface area contributed by atoms with Crippen LogP contribution in [0.2, 0.25) is 5.15 Å². The van der Waals surface area contributed by atoms with Crippen molar-refractivity contribution in [2.75, 3.05) is 0 Å². The molecule has 29 heavy (non-hydrogen) atoms. The van der Waals surface area contributed by atoms with Crippen LogP contribution < -0.4 is 5.43 Å². The van der Waals surface area contributed by atoms with Crippen molar-refractivity contribution in [1.82, 2.24) is 35.4 Å². The molecular formula is C19H15ClN8O. The SMILES string of the molecule is Cc1nn(-c2ccccc2)c(Cl)c1/C=N/NC(=O)c1ccc(-n2cnnn2)cc1. The maximum Gasteiger partial charge on any atom is 0.271 e. The lowest BCUT2D eigenvalue weighted by Crippen LogP contribution is -2.17. The number of carbonyl (C=O) groups excluding carboxylic acids is 1. The minimum Gasteiger partial charge on any atom is -0.267 e. The molecule has 0 aliphatic rings. The van der Waals surface area contributed by atoms with E-state index in [1.807, 2.05) is 37.3 Å². The monoisotopic (exact) mass is 406 g/mol. The van der Waals surface area contributed by atoms with Crippen molar-refractivity contribution in [2.24, 2.45) is 5.10 Å². The number of para-hydroxylation sites is 1. The average Bonchev–Trinajstić information content (AvgIpc) is 3.38. The van der Waals surface area contributed by atoms with E-state index in [2.05, 4.69) is 31.2 Å². The van der Waals surface area contributed by atoms with Crippen LogP contribution in [-0.2, 0) is 0 Å². The van der Waals surface area contributed by atoms with E-state index in [0.717, 1.165) is 11.4 Å². The normalized spacial score (nSPS) is 11.1. The first kappa shape index (κ1) is 18.5. The Labute approximate surface area is 170 Å². The molecular weight excluding hydrogens is 392 g/mol. The highest BCUT2D eigenvalue weighted by Crippen LogP contribution is 2.21. The van der Waals surface area contributed by atoms with Gasteiger partial charge in [0.25, 0.3) is 5.91 Å². The smallest absolute Gasteiger partial charge is 0.267 e. The summed E-state index contributed by atoms with van der Waals surface area (Å²) in [6.45, 7) is 1.83. The van der Waals surface area contributed by atoms with Gasteiger partial charge in [-0.15, -0.1) is 5.10 Å². The quantitative estimate of drug-likeness (QED) is 0.405. The van der Waals surface area contributed by atoms with Gasteiger partial charge in [-0.25, -0.2) is 14.8 Å². The predicted molar refractivity (Wildman–Crippen MR) is 108 cm³/mol. The lowest BCUT2D eigenvalue weighted by atomic mass is 10.2. The van der Waals surface area contributed by atoms with Crippen LogP contribution in [0.25, 0.3) is 11.4 Å². The molecule has 2 aromatic carbocycles. The third kappa shape index (κ3) is 3.90. The van der Waals surface area contributed by atoms with Crippen molar-refractivity contribution in [3.63, 3.8) is 0 Å². The Kier molecular flexibility index (Phi) is 5.12. The van der Waals surface area contributed by atoms with Gasteiger partial charge in [0.15, 0.2) is 0 Å². The van der Waals surface area contributed by atoms with Gasteiger partial charge in [0.2, 0.25) is 0 Å². The number of hydrazone groups is 1. The second-order valence-corrected chi connectivity index (χ2v) is 6.40. The second-order valence-electron chi connectivity index (χ2n) is 6.04. The van der Waals surface area contributed by atoms with Gasteiger partial charge in [-0.3, -0.25) is 4.79 Å². The van der Waals surface area contributed by atoms with E-state index in [9.17, 15) is 4.79 Å². The number of benzene rings is 2. The number of nitrogens with one attached hydrogen (secondary N) is 1. The maximum atomic E-state index is 12.3. The summed E-state index contributed by atoms with van der Waals surface area (Å²) in [6, 6.07) is 16.3. The van der Waals surface area contributed by atoms with Gasteiger partial charge >= 0.3 is 0 Å². The summed E-state index contributed by atoms with van der Waals surface area (Å²) in [7, 11) is 0. The van der Waals surface area contributed by atoms with Crippen LogP contribution in [0.1, 0.15) is 21.6 Å². The predicted octanol–water partition coefficient (Wildman–Crippen LogP) is 2.57. The van der Waals surface area contributed by atoms with E-state index in [0.29, 0.717) is 22.0 Å². The zero-order valence-electron chi connectivity index (χ0n) is 15.3. The fourth-order valence-electron chi connectivity index (χ4n) is 2.66. The van der Waals surface area contributed by atoms with Crippen LogP contribution in [-0.4, -0.2) is 42.1 Å². The molecule has 2 aromatic heterocycles. The number of hydrogen-bond acceptors (Lipinski definition) is 6. The topological polar surface area (TPSA) is 103 Å². The largest absolute Gasteiger partial charge is 0.271 e. The molecule has 1 N–H and O–H groups in total. The number of aromatic nitrogens is 6. The Morgan fingerprint density at radius 3 is 2.55 bits per heavy atom. The van der Waals surface area contributed by atoms with Gasteiger partial charge in [0.05, 0.1) is 28.8 Å². The number of nitrogens with zero attached hydrogens (tertiary/aromatic N) is 7. The van der Waals surface area contributed by atoms with Crippen LogP contribution in [0.15, 0.2) is 66.0 Å². The molecule has 144 valence electrons. The summed E-state index contributed by atoms with van der Waals surface area (Å²) in [5.41, 5.74) is 5.85. The molecule has 0 fully saturated rings. The van der Waals surface area contributed by atoms with Crippen molar-refractivity contribution < 1.29 is 4.79 Å². The van der Waals surface area contributed by atoms with Crippen molar-refractivity contribution in [3.8, 4) is 11.4 Å². The summed E-state index contributed by atoms with van der Waals surface area (Å²) in [6.07, 6.45) is 2.96. The molecule has 10 heteroatoms. The molecule has 9 nitrogen and oxygen atoms in total. The second kappa shape index (κ2) is 8.03. The Morgan fingerprint density at radius 1 is 1.10 bits per heavy atom. The molecule has 1 amide bonds. The average molecular weight is 407 g/mol. The fraction of sp³-hybridized carbons (Fsp3) is 0.0526. The highest BCUT2D eigenvalue weighted by atomic mass is 35.5. The summed E-state index contributed by atoms with van der Waals surface area (Å²) in [5, 5.41) is 19.8. The third-order valence-corrected chi connectivity index (χ3v) is 4.52. The van der Waals surface area contributed by atoms with Crippen molar-refractivity contribution in [2.45, 2.75) is 6.92 Å². The Morgan fingerprint density at radius 2 is 1.86 bits per heavy atom. The van der Waals surface area contributed by atoms with E-state index in [1.54, 1.807) is 28.9 Å². The van der Waals surface area contributed by atoms with Crippen LogP contribution in [0.3, 0.4) is 0 Å². The number of amides is 1. The first-order valence-corrected chi connectivity index (χ1v) is 8.98. The minimum atomic E-state index is -0.353. The van der Waals surface area contributed by atoms with Crippen molar-refractivity contribution in [1.29, 1.82) is 0 Å². The lowest BCUT2D eigenvalue weighted by molar-refractivity contribution is 0.0955. The molecule has 0 aliphatic carbocycles. The van der Waals surface area contributed by atoms with Crippen molar-refractivity contribution >= 4 is 23.7 Å². The Bertz CT molecular complexity index is 1150. The molecule has 0 saturated heterocycles. The van der Waals surface area contributed by atoms with Crippen molar-refractivity contribution in [3.05, 3.63) is 82.9 Å². The van der Waals surface area contributed by atoms with Gasteiger partial charge in [-0.05, 0) is 53.7 Å². The number of tetrazole rings is 1. The first-order valence-electron chi connectivity index (χ1n) is 8.61. The van der Waals surface area contributed by atoms with E-state index in [4.69, 9.17) is 11.6 Å². The van der Waals surface area contributed by atoms with Gasteiger partial charge in [-0.1, -0.05) is 29.8 Å². The van der Waals surface area contributed by atoms with E-state index >= 15 is 0 Å². The standard InChI is InChI=1S/C19H15ClN8O/c1-13-17(18(20)28(24-13)16-5-3-2-4-6-16)11-21-23-19(29)14-7-9-15(10-8-14)27-12-22-25-26-27/h2-12H,1H3,(H,23,29)/b21-11+. The third-order valence-electron chi connectivity index (χ3n) is 4.15. The van der Waals surface area contributed by atoms with Crippen LogP contribution >= 0.6 is 11.6 Å². The molecule has 0 aliphatic heterocycles. The Hall–Kier alpha value is -3.85. The number of hydrogen-bond donors (Lipinski definition) is 1. The molecule has 0 bridgehead atoms. The number of halogens is 1. The van der Waals surface area contributed by atoms with Gasteiger partial charge < -0.3 is 0 Å². The number of carbonyl (C=O) groups is 1. The maximum absolute atomic E-state index is 12.3. The molecule has 4 rings (SSSR count). The fourth-order valence-corrected chi connectivity index (χ4v) is 2.98. The van der Waals surface area contributed by atoms with E-state index in [1.165, 1.54) is 17.2 Å². The molecule has 0 radical (unpaired) electrons. The zero-order valence-corrected chi connectivity index (χ0v) is 16.0. The van der Waals surface area contributed by atoms with Gasteiger partial charge in [-0.2, -0.15) is 10.2 Å². The zero-order chi connectivity index (χ0) is 20.2. The first-order chi connectivity index (χ1) is 14.1. The highest BCUT2D eigenvalue weighted by molar-refractivity contribution is 6.32. The highest BCUT2D eigenvalue weighted by Gasteiger charge is 2.13. The summed E-state index contributed by atoms with van der Waals surface area (Å²) in [4.78, 5) is 12.3. The Balaban J connectivity index is 1.46. The molecule has 0 unspecified atom stereocenters.